The minimum atomic E-state index is 0.110. The number of amides is 1. The van der Waals surface area contributed by atoms with Gasteiger partial charge in [-0.2, -0.15) is 0 Å². The molecule has 3 rings (SSSR count). The van der Waals surface area contributed by atoms with Crippen LogP contribution in [-0.4, -0.2) is 44.3 Å². The Morgan fingerprint density at radius 3 is 2.64 bits per heavy atom. The van der Waals surface area contributed by atoms with Crippen LogP contribution in [-0.2, 0) is 22.5 Å². The van der Waals surface area contributed by atoms with Gasteiger partial charge < -0.3 is 19.1 Å². The van der Waals surface area contributed by atoms with E-state index in [9.17, 15) is 4.79 Å². The van der Waals surface area contributed by atoms with Crippen molar-refractivity contribution in [2.24, 2.45) is 0 Å². The van der Waals surface area contributed by atoms with Gasteiger partial charge in [0.15, 0.2) is 11.5 Å². The maximum Gasteiger partial charge on any atom is 0.225 e. The molecular formula is C17H23NO4. The van der Waals surface area contributed by atoms with Crippen molar-refractivity contribution in [3.63, 3.8) is 0 Å². The van der Waals surface area contributed by atoms with Gasteiger partial charge in [0, 0.05) is 19.7 Å². The Bertz CT molecular complexity index is 552. The Kier molecular flexibility index (Phi) is 4.52. The highest BCUT2D eigenvalue weighted by molar-refractivity contribution is 5.77. The molecule has 0 bridgehead atoms. The van der Waals surface area contributed by atoms with Crippen molar-refractivity contribution in [1.82, 2.24) is 4.90 Å². The highest BCUT2D eigenvalue weighted by atomic mass is 16.5. The van der Waals surface area contributed by atoms with Gasteiger partial charge in [0.2, 0.25) is 5.91 Å². The van der Waals surface area contributed by atoms with Crippen LogP contribution in [0.5, 0.6) is 11.5 Å². The van der Waals surface area contributed by atoms with E-state index in [2.05, 4.69) is 0 Å². The van der Waals surface area contributed by atoms with Crippen molar-refractivity contribution < 1.29 is 19.0 Å². The van der Waals surface area contributed by atoms with E-state index in [4.69, 9.17) is 14.2 Å². The molecule has 5 nitrogen and oxygen atoms in total. The van der Waals surface area contributed by atoms with Crippen LogP contribution in [0.2, 0.25) is 0 Å². The maximum atomic E-state index is 12.4. The third kappa shape index (κ3) is 3.04. The molecule has 1 fully saturated rings. The molecule has 120 valence electrons. The third-order valence-corrected chi connectivity index (χ3v) is 4.50. The van der Waals surface area contributed by atoms with E-state index in [1.807, 2.05) is 17.0 Å². The number of rotatable bonds is 4. The van der Waals surface area contributed by atoms with Gasteiger partial charge in [-0.15, -0.1) is 0 Å². The lowest BCUT2D eigenvalue weighted by atomic mass is 9.98. The summed E-state index contributed by atoms with van der Waals surface area (Å²) in [7, 11) is 3.28. The van der Waals surface area contributed by atoms with E-state index < -0.39 is 0 Å². The zero-order chi connectivity index (χ0) is 15.5. The number of benzene rings is 1. The van der Waals surface area contributed by atoms with Crippen molar-refractivity contribution >= 4 is 5.91 Å². The molecule has 1 atom stereocenters. The number of hydrogen-bond acceptors (Lipinski definition) is 4. The third-order valence-electron chi connectivity index (χ3n) is 4.50. The lowest BCUT2D eigenvalue weighted by Gasteiger charge is -2.30. The van der Waals surface area contributed by atoms with Crippen LogP contribution in [0.25, 0.3) is 0 Å². The average Bonchev–Trinajstić information content (AvgIpc) is 3.05. The van der Waals surface area contributed by atoms with E-state index >= 15 is 0 Å². The van der Waals surface area contributed by atoms with Crippen LogP contribution in [0.3, 0.4) is 0 Å². The molecule has 0 spiro atoms. The molecule has 0 aliphatic carbocycles. The molecule has 0 saturated carbocycles. The Morgan fingerprint density at radius 2 is 2.00 bits per heavy atom. The molecule has 5 heteroatoms. The Balaban J connectivity index is 1.71. The number of carbonyl (C=O) groups is 1. The minimum absolute atomic E-state index is 0.110. The van der Waals surface area contributed by atoms with E-state index in [-0.39, 0.29) is 12.0 Å². The number of carbonyl (C=O) groups excluding carboxylic acids is 1. The first-order valence-electron chi connectivity index (χ1n) is 7.84. The van der Waals surface area contributed by atoms with Gasteiger partial charge in [-0.05, 0) is 42.5 Å². The lowest BCUT2D eigenvalue weighted by molar-refractivity contribution is -0.134. The number of methoxy groups -OCH3 is 2. The molecule has 1 saturated heterocycles. The Morgan fingerprint density at radius 1 is 1.27 bits per heavy atom. The normalized spacial score (nSPS) is 20.6. The van der Waals surface area contributed by atoms with Gasteiger partial charge in [0.25, 0.3) is 0 Å². The van der Waals surface area contributed by atoms with Crippen LogP contribution < -0.4 is 9.47 Å². The molecule has 0 aromatic heterocycles. The summed E-state index contributed by atoms with van der Waals surface area (Å²) in [4.78, 5) is 14.4. The van der Waals surface area contributed by atoms with Crippen molar-refractivity contribution in [2.45, 2.75) is 38.3 Å². The number of hydrogen-bond donors (Lipinski definition) is 0. The number of nitrogens with zero attached hydrogens (tertiary/aromatic N) is 1. The molecule has 1 aromatic rings. The molecule has 2 aliphatic rings. The van der Waals surface area contributed by atoms with Crippen molar-refractivity contribution in [2.75, 3.05) is 27.4 Å². The summed E-state index contributed by atoms with van der Waals surface area (Å²) in [5, 5.41) is 0. The lowest BCUT2D eigenvalue weighted by Crippen LogP contribution is -2.37. The van der Waals surface area contributed by atoms with Gasteiger partial charge in [-0.25, -0.2) is 0 Å². The zero-order valence-electron chi connectivity index (χ0n) is 13.3. The van der Waals surface area contributed by atoms with Crippen LogP contribution >= 0.6 is 0 Å². The number of ether oxygens (including phenoxy) is 3. The largest absolute Gasteiger partial charge is 0.493 e. The van der Waals surface area contributed by atoms with Crippen LogP contribution in [0.1, 0.15) is 30.4 Å². The highest BCUT2D eigenvalue weighted by Gasteiger charge is 2.26. The Labute approximate surface area is 131 Å². The first-order valence-corrected chi connectivity index (χ1v) is 7.84. The summed E-state index contributed by atoms with van der Waals surface area (Å²) in [5.74, 6) is 1.65. The summed E-state index contributed by atoms with van der Waals surface area (Å²) < 4.78 is 16.3. The summed E-state index contributed by atoms with van der Waals surface area (Å²) in [6.07, 6.45) is 3.54. The second-order valence-corrected chi connectivity index (χ2v) is 5.88. The summed E-state index contributed by atoms with van der Waals surface area (Å²) >= 11 is 0. The topological polar surface area (TPSA) is 48.0 Å². The second-order valence-electron chi connectivity index (χ2n) is 5.88. The standard InChI is InChI=1S/C17H23NO4/c1-20-15-8-12-5-6-18(11-13(12)9-16(15)21-2)17(19)10-14-4-3-7-22-14/h8-9,14H,3-7,10-11H2,1-2H3/t14-/m0/s1. The van der Waals surface area contributed by atoms with Crippen LogP contribution in [0, 0.1) is 0 Å². The molecule has 1 amide bonds. The van der Waals surface area contributed by atoms with Gasteiger partial charge >= 0.3 is 0 Å². The fourth-order valence-electron chi connectivity index (χ4n) is 3.23. The maximum absolute atomic E-state index is 12.4. The summed E-state index contributed by atoms with van der Waals surface area (Å²) in [6, 6.07) is 4.01. The van der Waals surface area contributed by atoms with E-state index in [0.717, 1.165) is 49.5 Å². The molecule has 2 heterocycles. The van der Waals surface area contributed by atoms with E-state index in [0.29, 0.717) is 13.0 Å². The molecule has 0 N–H and O–H groups in total. The quantitative estimate of drug-likeness (QED) is 0.855. The average molecular weight is 305 g/mol. The minimum Gasteiger partial charge on any atom is -0.493 e. The van der Waals surface area contributed by atoms with Crippen LogP contribution in [0.15, 0.2) is 12.1 Å². The molecule has 2 aliphatic heterocycles. The SMILES string of the molecule is COc1cc2c(cc1OC)CN(C(=O)C[C@@H]1CCCO1)CC2. The van der Waals surface area contributed by atoms with E-state index in [1.165, 1.54) is 5.56 Å². The first-order chi connectivity index (χ1) is 10.7. The zero-order valence-corrected chi connectivity index (χ0v) is 13.3. The van der Waals surface area contributed by atoms with Crippen LogP contribution in [0.4, 0.5) is 0 Å². The predicted octanol–water partition coefficient (Wildman–Crippen LogP) is 2.16. The van der Waals surface area contributed by atoms with Gasteiger partial charge in [0.05, 0.1) is 26.7 Å². The highest BCUT2D eigenvalue weighted by Crippen LogP contribution is 2.33. The predicted molar refractivity (Wildman–Crippen MR) is 82.3 cm³/mol. The summed E-state index contributed by atoms with van der Waals surface area (Å²) in [6.45, 7) is 2.19. The molecule has 1 aromatic carbocycles. The molecule has 22 heavy (non-hydrogen) atoms. The Hall–Kier alpha value is -1.75. The van der Waals surface area contributed by atoms with Crippen molar-refractivity contribution in [3.8, 4) is 11.5 Å². The summed E-state index contributed by atoms with van der Waals surface area (Å²) in [5.41, 5.74) is 2.38. The fourth-order valence-corrected chi connectivity index (χ4v) is 3.23. The van der Waals surface area contributed by atoms with Gasteiger partial charge in [-0.3, -0.25) is 4.79 Å². The monoisotopic (exact) mass is 305 g/mol. The molecular weight excluding hydrogens is 282 g/mol. The smallest absolute Gasteiger partial charge is 0.225 e. The van der Waals surface area contributed by atoms with Crippen molar-refractivity contribution in [3.05, 3.63) is 23.3 Å². The van der Waals surface area contributed by atoms with Gasteiger partial charge in [-0.1, -0.05) is 0 Å². The van der Waals surface area contributed by atoms with E-state index in [1.54, 1.807) is 14.2 Å². The fraction of sp³-hybridized carbons (Fsp3) is 0.588. The second kappa shape index (κ2) is 6.57. The number of fused-ring (bicyclic) bond motifs is 1. The molecule has 0 radical (unpaired) electrons. The van der Waals surface area contributed by atoms with Gasteiger partial charge in [0.1, 0.15) is 0 Å². The first kappa shape index (κ1) is 15.2. The van der Waals surface area contributed by atoms with Crippen molar-refractivity contribution in [1.29, 1.82) is 0 Å². The molecule has 0 unspecified atom stereocenters.